The van der Waals surface area contributed by atoms with E-state index in [0.29, 0.717) is 12.1 Å². The topological polar surface area (TPSA) is 104 Å². The smallest absolute Gasteiger partial charge is 0.352 e. The largest absolute Gasteiger partial charge is 0.477 e. The summed E-state index contributed by atoms with van der Waals surface area (Å²) in [6.07, 6.45) is -0.791. The number of rotatable bonds is 4. The SMILES string of the molecule is C[C@@H](O)[C@H]1C(=O)N2C(C(=O)O)=C(c3ccc(CN)cc3)[C@H](C)[C@H]12. The van der Waals surface area contributed by atoms with Crippen molar-refractivity contribution in [3.05, 3.63) is 41.1 Å². The quantitative estimate of drug-likeness (QED) is 0.713. The monoisotopic (exact) mass is 316 g/mol. The van der Waals surface area contributed by atoms with Crippen LogP contribution < -0.4 is 5.73 Å². The van der Waals surface area contributed by atoms with Gasteiger partial charge in [0.05, 0.1) is 18.1 Å². The first-order chi connectivity index (χ1) is 10.9. The molecule has 23 heavy (non-hydrogen) atoms. The Hall–Kier alpha value is -2.18. The van der Waals surface area contributed by atoms with E-state index in [1.807, 2.05) is 31.2 Å². The summed E-state index contributed by atoms with van der Waals surface area (Å²) in [4.78, 5) is 25.3. The summed E-state index contributed by atoms with van der Waals surface area (Å²) in [6, 6.07) is 7.10. The van der Waals surface area contributed by atoms with Crippen molar-refractivity contribution in [3.8, 4) is 0 Å². The number of fused-ring (bicyclic) bond motifs is 1. The zero-order valence-corrected chi connectivity index (χ0v) is 13.1. The molecule has 0 aromatic heterocycles. The van der Waals surface area contributed by atoms with Gasteiger partial charge in [0.2, 0.25) is 5.91 Å². The van der Waals surface area contributed by atoms with Crippen LogP contribution in [0.15, 0.2) is 30.0 Å². The lowest BCUT2D eigenvalue weighted by molar-refractivity contribution is -0.163. The van der Waals surface area contributed by atoms with Crippen molar-refractivity contribution in [1.82, 2.24) is 4.90 Å². The van der Waals surface area contributed by atoms with Gasteiger partial charge in [0.1, 0.15) is 5.70 Å². The molecule has 0 saturated carbocycles. The number of aliphatic carboxylic acids is 1. The van der Waals surface area contributed by atoms with E-state index in [9.17, 15) is 19.8 Å². The average molecular weight is 316 g/mol. The molecule has 6 heteroatoms. The fraction of sp³-hybridized carbons (Fsp3) is 0.412. The summed E-state index contributed by atoms with van der Waals surface area (Å²) in [5.41, 5.74) is 8.00. The number of carboxylic acid groups (broad SMARTS) is 1. The van der Waals surface area contributed by atoms with Gasteiger partial charge in [-0.3, -0.25) is 4.79 Å². The lowest BCUT2D eigenvalue weighted by atomic mass is 9.77. The molecule has 1 fully saturated rings. The second-order valence-corrected chi connectivity index (χ2v) is 6.22. The van der Waals surface area contributed by atoms with Crippen LogP contribution in [0.4, 0.5) is 0 Å². The number of carboxylic acids is 1. The first kappa shape index (κ1) is 15.7. The number of nitrogens with two attached hydrogens (primary N) is 1. The molecule has 2 aliphatic rings. The Morgan fingerprint density at radius 2 is 1.96 bits per heavy atom. The van der Waals surface area contributed by atoms with Crippen molar-refractivity contribution in [3.63, 3.8) is 0 Å². The molecule has 1 saturated heterocycles. The van der Waals surface area contributed by atoms with Crippen LogP contribution in [0.5, 0.6) is 0 Å². The van der Waals surface area contributed by atoms with Gasteiger partial charge in [-0.05, 0) is 23.6 Å². The second kappa shape index (κ2) is 5.47. The Morgan fingerprint density at radius 1 is 1.35 bits per heavy atom. The molecule has 0 spiro atoms. The van der Waals surface area contributed by atoms with Gasteiger partial charge in [-0.1, -0.05) is 31.2 Å². The Kier molecular flexibility index (Phi) is 3.74. The number of benzene rings is 1. The molecular weight excluding hydrogens is 296 g/mol. The highest BCUT2D eigenvalue weighted by atomic mass is 16.4. The number of β-lactam (4-membered cyclic amide) rings is 1. The number of nitrogens with zero attached hydrogens (tertiary/aromatic N) is 1. The van der Waals surface area contributed by atoms with Gasteiger partial charge in [0, 0.05) is 12.5 Å². The third-order valence-electron chi connectivity index (χ3n) is 4.88. The van der Waals surface area contributed by atoms with Crippen LogP contribution in [0.3, 0.4) is 0 Å². The van der Waals surface area contributed by atoms with Crippen LogP contribution in [0, 0.1) is 11.8 Å². The maximum atomic E-state index is 12.3. The van der Waals surface area contributed by atoms with Crippen LogP contribution >= 0.6 is 0 Å². The van der Waals surface area contributed by atoms with Gasteiger partial charge in [0.15, 0.2) is 0 Å². The maximum absolute atomic E-state index is 12.3. The van der Waals surface area contributed by atoms with Gasteiger partial charge in [-0.2, -0.15) is 0 Å². The lowest BCUT2D eigenvalue weighted by Crippen LogP contribution is -2.63. The number of carbonyl (C=O) groups is 2. The molecular formula is C17H20N2O4. The van der Waals surface area contributed by atoms with Crippen LogP contribution in [-0.4, -0.2) is 39.1 Å². The Balaban J connectivity index is 2.07. The molecule has 0 bridgehead atoms. The summed E-state index contributed by atoms with van der Waals surface area (Å²) in [5.74, 6) is -2.13. The number of amides is 1. The third-order valence-corrected chi connectivity index (χ3v) is 4.88. The van der Waals surface area contributed by atoms with Gasteiger partial charge < -0.3 is 20.8 Å². The van der Waals surface area contributed by atoms with Crippen LogP contribution in [0.1, 0.15) is 25.0 Å². The summed E-state index contributed by atoms with van der Waals surface area (Å²) >= 11 is 0. The number of hydrogen-bond acceptors (Lipinski definition) is 4. The van der Waals surface area contributed by atoms with E-state index in [1.54, 1.807) is 6.92 Å². The van der Waals surface area contributed by atoms with Gasteiger partial charge in [-0.15, -0.1) is 0 Å². The fourth-order valence-electron chi connectivity index (χ4n) is 3.77. The minimum Gasteiger partial charge on any atom is -0.477 e. The summed E-state index contributed by atoms with van der Waals surface area (Å²) in [7, 11) is 0. The Bertz CT molecular complexity index is 693. The molecule has 2 aliphatic heterocycles. The van der Waals surface area contributed by atoms with Crippen molar-refractivity contribution in [2.24, 2.45) is 17.6 Å². The molecule has 4 N–H and O–H groups in total. The minimum atomic E-state index is -1.12. The van der Waals surface area contributed by atoms with Crippen molar-refractivity contribution in [1.29, 1.82) is 0 Å². The summed E-state index contributed by atoms with van der Waals surface area (Å²) in [6.45, 7) is 3.89. The minimum absolute atomic E-state index is 0.0323. The molecule has 4 atom stereocenters. The first-order valence-electron chi connectivity index (χ1n) is 7.66. The predicted molar refractivity (Wildman–Crippen MR) is 83.9 cm³/mol. The van der Waals surface area contributed by atoms with Crippen molar-refractivity contribution in [2.75, 3.05) is 0 Å². The van der Waals surface area contributed by atoms with E-state index in [0.717, 1.165) is 11.1 Å². The molecule has 1 amide bonds. The zero-order valence-electron chi connectivity index (χ0n) is 13.1. The molecule has 6 nitrogen and oxygen atoms in total. The number of carbonyl (C=O) groups excluding carboxylic acids is 1. The molecule has 1 aromatic rings. The maximum Gasteiger partial charge on any atom is 0.352 e. The molecule has 0 unspecified atom stereocenters. The van der Waals surface area contributed by atoms with E-state index in [2.05, 4.69) is 0 Å². The van der Waals surface area contributed by atoms with E-state index >= 15 is 0 Å². The zero-order chi connectivity index (χ0) is 16.9. The molecule has 3 rings (SSSR count). The standard InChI is InChI=1S/C17H20N2O4/c1-8-12(11-5-3-10(7-18)4-6-11)15(17(22)23)19-14(8)13(9(2)20)16(19)21/h3-6,8-9,13-14,20H,7,18H2,1-2H3,(H,22,23)/t8-,9+,13+,14+/m0/s1. The van der Waals surface area contributed by atoms with E-state index in [-0.39, 0.29) is 23.6 Å². The van der Waals surface area contributed by atoms with E-state index < -0.39 is 18.0 Å². The fourth-order valence-corrected chi connectivity index (χ4v) is 3.77. The van der Waals surface area contributed by atoms with Crippen LogP contribution in [0.2, 0.25) is 0 Å². The van der Waals surface area contributed by atoms with Crippen molar-refractivity contribution < 1.29 is 19.8 Å². The highest BCUT2D eigenvalue weighted by Gasteiger charge is 2.59. The summed E-state index contributed by atoms with van der Waals surface area (Å²) < 4.78 is 0. The van der Waals surface area contributed by atoms with Crippen molar-refractivity contribution in [2.45, 2.75) is 32.5 Å². The number of aliphatic hydroxyl groups is 1. The van der Waals surface area contributed by atoms with E-state index in [4.69, 9.17) is 5.73 Å². The van der Waals surface area contributed by atoms with Crippen LogP contribution in [0.25, 0.3) is 5.57 Å². The second-order valence-electron chi connectivity index (χ2n) is 6.22. The number of aliphatic hydroxyl groups excluding tert-OH is 1. The average Bonchev–Trinajstić information content (AvgIpc) is 2.76. The molecule has 2 heterocycles. The normalized spacial score (nSPS) is 27.7. The molecule has 122 valence electrons. The molecule has 0 aliphatic carbocycles. The van der Waals surface area contributed by atoms with Gasteiger partial charge in [0.25, 0.3) is 0 Å². The number of hydrogen-bond donors (Lipinski definition) is 3. The highest BCUT2D eigenvalue weighted by molar-refractivity contribution is 6.06. The first-order valence-corrected chi connectivity index (χ1v) is 7.66. The Labute approximate surface area is 134 Å². The van der Waals surface area contributed by atoms with Gasteiger partial charge >= 0.3 is 5.97 Å². The lowest BCUT2D eigenvalue weighted by Gasteiger charge is -2.46. The third kappa shape index (κ3) is 2.17. The predicted octanol–water partition coefficient (Wildman–Crippen LogP) is 0.798. The molecule has 0 radical (unpaired) electrons. The Morgan fingerprint density at radius 3 is 2.43 bits per heavy atom. The van der Waals surface area contributed by atoms with E-state index in [1.165, 1.54) is 4.90 Å². The van der Waals surface area contributed by atoms with Crippen molar-refractivity contribution >= 4 is 17.4 Å². The highest BCUT2D eigenvalue weighted by Crippen LogP contribution is 2.50. The van der Waals surface area contributed by atoms with Crippen LogP contribution in [-0.2, 0) is 16.1 Å². The summed E-state index contributed by atoms with van der Waals surface area (Å²) in [5, 5.41) is 19.4. The van der Waals surface area contributed by atoms with Gasteiger partial charge in [-0.25, -0.2) is 4.79 Å². The molecule has 1 aromatic carbocycles.